The summed E-state index contributed by atoms with van der Waals surface area (Å²) >= 11 is 1.40. The second-order valence-corrected chi connectivity index (χ2v) is 5.59. The first-order valence-corrected chi connectivity index (χ1v) is 7.75. The largest absolute Gasteiger partial charge is 0.385 e. The Hall–Kier alpha value is -1.73. The fraction of sp³-hybridized carbons (Fsp3) is 0.500. The van der Waals surface area contributed by atoms with Gasteiger partial charge in [-0.2, -0.15) is 0 Å². The Bertz CT molecular complexity index is 627. The predicted molar refractivity (Wildman–Crippen MR) is 85.1 cm³/mol. The maximum atomic E-state index is 12.1. The quantitative estimate of drug-likeness (QED) is 0.767. The van der Waals surface area contributed by atoms with Gasteiger partial charge in [0.2, 0.25) is 0 Å². The molecule has 2 aromatic heterocycles. The maximum absolute atomic E-state index is 12.1. The standard InChI is InChI=1S/C14H20N4O2S/c1-4-15-13(19)11-9(2)10-12(16-6-5-7-20-3)17-8-18-14(10)21-11/h8H,4-7H2,1-3H3,(H,15,19)(H,16,17,18). The summed E-state index contributed by atoms with van der Waals surface area (Å²) in [5, 5.41) is 7.05. The minimum atomic E-state index is -0.0525. The second-order valence-electron chi connectivity index (χ2n) is 4.59. The molecular formula is C14H20N4O2S. The lowest BCUT2D eigenvalue weighted by Crippen LogP contribution is -2.22. The first-order chi connectivity index (χ1) is 10.2. The van der Waals surface area contributed by atoms with Gasteiger partial charge in [-0.3, -0.25) is 4.79 Å². The molecule has 0 saturated carbocycles. The normalized spacial score (nSPS) is 10.8. The van der Waals surface area contributed by atoms with E-state index in [0.29, 0.717) is 18.0 Å². The molecule has 0 fully saturated rings. The maximum Gasteiger partial charge on any atom is 0.261 e. The third-order valence-corrected chi connectivity index (χ3v) is 4.29. The third kappa shape index (κ3) is 3.48. The van der Waals surface area contributed by atoms with E-state index in [9.17, 15) is 4.79 Å². The molecule has 0 bridgehead atoms. The fourth-order valence-electron chi connectivity index (χ4n) is 2.09. The highest BCUT2D eigenvalue weighted by Gasteiger charge is 2.18. The summed E-state index contributed by atoms with van der Waals surface area (Å²) < 4.78 is 5.03. The van der Waals surface area contributed by atoms with E-state index in [1.165, 1.54) is 17.7 Å². The van der Waals surface area contributed by atoms with E-state index in [4.69, 9.17) is 4.74 Å². The Morgan fingerprint density at radius 3 is 2.95 bits per heavy atom. The van der Waals surface area contributed by atoms with Crippen LogP contribution in [0.2, 0.25) is 0 Å². The molecule has 2 heterocycles. The lowest BCUT2D eigenvalue weighted by molar-refractivity contribution is 0.0959. The third-order valence-electron chi connectivity index (χ3n) is 3.09. The van der Waals surface area contributed by atoms with Crippen LogP contribution in [-0.2, 0) is 4.74 Å². The Labute approximate surface area is 127 Å². The van der Waals surface area contributed by atoms with Gasteiger partial charge in [0, 0.05) is 26.8 Å². The van der Waals surface area contributed by atoms with Gasteiger partial charge in [-0.05, 0) is 25.8 Å². The summed E-state index contributed by atoms with van der Waals surface area (Å²) in [7, 11) is 1.69. The fourth-order valence-corrected chi connectivity index (χ4v) is 3.15. The van der Waals surface area contributed by atoms with Crippen LogP contribution < -0.4 is 10.6 Å². The number of nitrogens with one attached hydrogen (secondary N) is 2. The molecule has 0 atom stereocenters. The number of nitrogens with zero attached hydrogens (tertiary/aromatic N) is 2. The summed E-state index contributed by atoms with van der Waals surface area (Å²) in [6.07, 6.45) is 2.42. The van der Waals surface area contributed by atoms with Crippen molar-refractivity contribution in [3.8, 4) is 0 Å². The van der Waals surface area contributed by atoms with Crippen molar-refractivity contribution < 1.29 is 9.53 Å². The van der Waals surface area contributed by atoms with Gasteiger partial charge >= 0.3 is 0 Å². The minimum absolute atomic E-state index is 0.0525. The van der Waals surface area contributed by atoms with Crippen LogP contribution in [0.15, 0.2) is 6.33 Å². The Morgan fingerprint density at radius 2 is 2.24 bits per heavy atom. The molecule has 2 aromatic rings. The van der Waals surface area contributed by atoms with Crippen molar-refractivity contribution in [2.24, 2.45) is 0 Å². The zero-order chi connectivity index (χ0) is 15.2. The zero-order valence-electron chi connectivity index (χ0n) is 12.5. The van der Waals surface area contributed by atoms with Crippen LogP contribution in [0.3, 0.4) is 0 Å². The van der Waals surface area contributed by atoms with E-state index >= 15 is 0 Å². The van der Waals surface area contributed by atoms with Crippen LogP contribution in [0.25, 0.3) is 10.2 Å². The molecule has 0 aromatic carbocycles. The summed E-state index contributed by atoms with van der Waals surface area (Å²) in [5.74, 6) is 0.726. The number of aromatic nitrogens is 2. The van der Waals surface area contributed by atoms with Crippen LogP contribution in [0, 0.1) is 6.92 Å². The Balaban J connectivity index is 2.28. The van der Waals surface area contributed by atoms with Crippen molar-refractivity contribution in [3.05, 3.63) is 16.8 Å². The Morgan fingerprint density at radius 1 is 1.43 bits per heavy atom. The van der Waals surface area contributed by atoms with Gasteiger partial charge in [0.15, 0.2) is 0 Å². The summed E-state index contributed by atoms with van der Waals surface area (Å²) in [5.41, 5.74) is 0.927. The first kappa shape index (κ1) is 15.7. The van der Waals surface area contributed by atoms with Gasteiger partial charge in [0.25, 0.3) is 5.91 Å². The number of aryl methyl sites for hydroxylation is 1. The second kappa shape index (κ2) is 7.33. The molecular weight excluding hydrogens is 288 g/mol. The van der Waals surface area contributed by atoms with E-state index in [-0.39, 0.29) is 5.91 Å². The molecule has 2 N–H and O–H groups in total. The van der Waals surface area contributed by atoms with Crippen molar-refractivity contribution in [1.82, 2.24) is 15.3 Å². The number of ether oxygens (including phenoxy) is 1. The molecule has 0 unspecified atom stereocenters. The van der Waals surface area contributed by atoms with Gasteiger partial charge in [-0.1, -0.05) is 0 Å². The molecule has 6 nitrogen and oxygen atoms in total. The SMILES string of the molecule is CCNC(=O)c1sc2ncnc(NCCCOC)c2c1C. The van der Waals surface area contributed by atoms with Crippen molar-refractivity contribution in [3.63, 3.8) is 0 Å². The molecule has 0 aliphatic rings. The van der Waals surface area contributed by atoms with Crippen LogP contribution in [-0.4, -0.2) is 42.7 Å². The highest BCUT2D eigenvalue weighted by molar-refractivity contribution is 7.20. The van der Waals surface area contributed by atoms with Gasteiger partial charge in [-0.25, -0.2) is 9.97 Å². The average Bonchev–Trinajstić information content (AvgIpc) is 2.82. The molecule has 7 heteroatoms. The molecule has 21 heavy (non-hydrogen) atoms. The molecule has 1 amide bonds. The van der Waals surface area contributed by atoms with E-state index in [0.717, 1.165) is 34.6 Å². The van der Waals surface area contributed by atoms with E-state index < -0.39 is 0 Å². The van der Waals surface area contributed by atoms with Crippen LogP contribution >= 0.6 is 11.3 Å². The van der Waals surface area contributed by atoms with Gasteiger partial charge in [-0.15, -0.1) is 11.3 Å². The number of amides is 1. The van der Waals surface area contributed by atoms with Crippen molar-refractivity contribution in [2.75, 3.05) is 32.1 Å². The molecule has 0 aliphatic heterocycles. The van der Waals surface area contributed by atoms with Crippen molar-refractivity contribution in [2.45, 2.75) is 20.3 Å². The van der Waals surface area contributed by atoms with Crippen LogP contribution in [0.1, 0.15) is 28.6 Å². The number of hydrogen-bond donors (Lipinski definition) is 2. The number of fused-ring (bicyclic) bond motifs is 1. The molecule has 0 spiro atoms. The number of hydrogen-bond acceptors (Lipinski definition) is 6. The Kier molecular flexibility index (Phi) is 5.46. The number of anilines is 1. The van der Waals surface area contributed by atoms with Crippen molar-refractivity contribution >= 4 is 33.3 Å². The minimum Gasteiger partial charge on any atom is -0.385 e. The molecule has 114 valence electrons. The van der Waals surface area contributed by atoms with Gasteiger partial charge in [0.05, 0.1) is 10.3 Å². The lowest BCUT2D eigenvalue weighted by atomic mass is 10.2. The summed E-state index contributed by atoms with van der Waals surface area (Å²) in [4.78, 5) is 22.2. The molecule has 0 radical (unpaired) electrons. The van der Waals surface area contributed by atoms with Crippen LogP contribution in [0.4, 0.5) is 5.82 Å². The number of thiophene rings is 1. The van der Waals surface area contributed by atoms with E-state index in [1.807, 2.05) is 13.8 Å². The molecule has 0 saturated heterocycles. The van der Waals surface area contributed by atoms with Crippen LogP contribution in [0.5, 0.6) is 0 Å². The molecule has 2 rings (SSSR count). The predicted octanol–water partition coefficient (Wildman–Crippen LogP) is 2.20. The summed E-state index contributed by atoms with van der Waals surface area (Å²) in [6.45, 7) is 5.93. The lowest BCUT2D eigenvalue weighted by Gasteiger charge is -2.06. The number of carbonyl (C=O) groups is 1. The molecule has 0 aliphatic carbocycles. The van der Waals surface area contributed by atoms with Gasteiger partial charge < -0.3 is 15.4 Å². The highest BCUT2D eigenvalue weighted by Crippen LogP contribution is 2.33. The number of methoxy groups -OCH3 is 1. The monoisotopic (exact) mass is 308 g/mol. The highest BCUT2D eigenvalue weighted by atomic mass is 32.1. The van der Waals surface area contributed by atoms with Gasteiger partial charge in [0.1, 0.15) is 17.0 Å². The topological polar surface area (TPSA) is 76.1 Å². The number of rotatable bonds is 7. The van der Waals surface area contributed by atoms with E-state index in [1.54, 1.807) is 7.11 Å². The average molecular weight is 308 g/mol. The summed E-state index contributed by atoms with van der Waals surface area (Å²) in [6, 6.07) is 0. The van der Waals surface area contributed by atoms with E-state index in [2.05, 4.69) is 20.6 Å². The van der Waals surface area contributed by atoms with Crippen molar-refractivity contribution in [1.29, 1.82) is 0 Å². The smallest absolute Gasteiger partial charge is 0.261 e. The first-order valence-electron chi connectivity index (χ1n) is 6.94. The number of carbonyl (C=O) groups excluding carboxylic acids is 1. The zero-order valence-corrected chi connectivity index (χ0v) is 13.3.